The first-order valence-corrected chi connectivity index (χ1v) is 11.0. The van der Waals surface area contributed by atoms with Gasteiger partial charge in [0.15, 0.2) is 17.2 Å². The quantitative estimate of drug-likeness (QED) is 0.427. The SMILES string of the molecule is CCOc1ccc(Cn2cc(NC(=O)CCn3nc(C(F)(F)F)c(Cl)c3C)cn2)cc1OCC. The Morgan fingerprint density at radius 2 is 1.88 bits per heavy atom. The van der Waals surface area contributed by atoms with E-state index in [1.165, 1.54) is 13.1 Å². The molecule has 0 aliphatic carbocycles. The van der Waals surface area contributed by atoms with Crippen molar-refractivity contribution in [2.75, 3.05) is 18.5 Å². The summed E-state index contributed by atoms with van der Waals surface area (Å²) in [5.41, 5.74) is 0.387. The van der Waals surface area contributed by atoms with Gasteiger partial charge in [-0.05, 0) is 38.5 Å². The van der Waals surface area contributed by atoms with Gasteiger partial charge in [0, 0.05) is 12.6 Å². The number of ether oxygens (including phenoxy) is 2. The van der Waals surface area contributed by atoms with E-state index in [0.717, 1.165) is 10.2 Å². The van der Waals surface area contributed by atoms with Crippen LogP contribution in [0.3, 0.4) is 0 Å². The second-order valence-corrected chi connectivity index (χ2v) is 7.72. The molecule has 2 aromatic heterocycles. The summed E-state index contributed by atoms with van der Waals surface area (Å²) < 4.78 is 52.7. The molecule has 0 spiro atoms. The van der Waals surface area contributed by atoms with Crippen LogP contribution in [0.4, 0.5) is 18.9 Å². The highest BCUT2D eigenvalue weighted by atomic mass is 35.5. The minimum absolute atomic E-state index is 0.0476. The van der Waals surface area contributed by atoms with Crippen LogP contribution in [0.5, 0.6) is 11.5 Å². The molecule has 0 radical (unpaired) electrons. The van der Waals surface area contributed by atoms with Gasteiger partial charge in [-0.1, -0.05) is 17.7 Å². The molecular weight excluding hydrogens is 475 g/mol. The fraction of sp³-hybridized carbons (Fsp3) is 0.409. The molecular formula is C22H25ClF3N5O3. The Morgan fingerprint density at radius 3 is 2.53 bits per heavy atom. The number of carbonyl (C=O) groups excluding carboxylic acids is 1. The number of carbonyl (C=O) groups is 1. The van der Waals surface area contributed by atoms with Crippen LogP contribution in [0.2, 0.25) is 5.02 Å². The van der Waals surface area contributed by atoms with E-state index < -0.39 is 16.9 Å². The van der Waals surface area contributed by atoms with E-state index in [1.807, 2.05) is 32.0 Å². The summed E-state index contributed by atoms with van der Waals surface area (Å²) in [7, 11) is 0. The summed E-state index contributed by atoms with van der Waals surface area (Å²) in [6.45, 7) is 6.63. The zero-order valence-corrected chi connectivity index (χ0v) is 19.7. The third-order valence-electron chi connectivity index (χ3n) is 4.82. The van der Waals surface area contributed by atoms with Crippen molar-refractivity contribution in [3.8, 4) is 11.5 Å². The van der Waals surface area contributed by atoms with Crippen LogP contribution in [0.25, 0.3) is 0 Å². The largest absolute Gasteiger partial charge is 0.490 e. The van der Waals surface area contributed by atoms with Gasteiger partial charge >= 0.3 is 6.18 Å². The number of aryl methyl sites for hydroxylation is 1. The van der Waals surface area contributed by atoms with Crippen molar-refractivity contribution in [2.24, 2.45) is 0 Å². The molecule has 0 unspecified atom stereocenters. The third-order valence-corrected chi connectivity index (χ3v) is 5.27. The minimum Gasteiger partial charge on any atom is -0.490 e. The first-order chi connectivity index (χ1) is 16.1. The molecule has 2 heterocycles. The molecule has 0 saturated heterocycles. The zero-order chi connectivity index (χ0) is 24.9. The number of hydrogen-bond acceptors (Lipinski definition) is 5. The molecule has 184 valence electrons. The lowest BCUT2D eigenvalue weighted by atomic mass is 10.2. The van der Waals surface area contributed by atoms with Crippen molar-refractivity contribution in [1.82, 2.24) is 19.6 Å². The van der Waals surface area contributed by atoms with Crippen molar-refractivity contribution in [2.45, 2.75) is 46.5 Å². The molecule has 3 aromatic rings. The van der Waals surface area contributed by atoms with E-state index in [-0.39, 0.29) is 24.6 Å². The summed E-state index contributed by atoms with van der Waals surface area (Å²) in [5, 5.41) is 9.96. The highest BCUT2D eigenvalue weighted by molar-refractivity contribution is 6.31. The van der Waals surface area contributed by atoms with Crippen LogP contribution < -0.4 is 14.8 Å². The summed E-state index contributed by atoms with van der Waals surface area (Å²) in [4.78, 5) is 12.3. The van der Waals surface area contributed by atoms with Gasteiger partial charge in [-0.25, -0.2) is 0 Å². The number of nitrogens with one attached hydrogen (secondary N) is 1. The molecule has 0 fully saturated rings. The number of hydrogen-bond donors (Lipinski definition) is 1. The first kappa shape index (κ1) is 25.4. The van der Waals surface area contributed by atoms with E-state index in [2.05, 4.69) is 15.5 Å². The van der Waals surface area contributed by atoms with E-state index >= 15 is 0 Å². The van der Waals surface area contributed by atoms with Crippen LogP contribution in [0.15, 0.2) is 30.6 Å². The van der Waals surface area contributed by atoms with Gasteiger partial charge in [0.25, 0.3) is 0 Å². The van der Waals surface area contributed by atoms with E-state index in [1.54, 1.807) is 10.9 Å². The first-order valence-electron chi connectivity index (χ1n) is 10.6. The van der Waals surface area contributed by atoms with E-state index in [0.29, 0.717) is 36.9 Å². The van der Waals surface area contributed by atoms with Crippen LogP contribution >= 0.6 is 11.6 Å². The van der Waals surface area contributed by atoms with Gasteiger partial charge in [-0.2, -0.15) is 23.4 Å². The van der Waals surface area contributed by atoms with Gasteiger partial charge in [-0.15, -0.1) is 0 Å². The van der Waals surface area contributed by atoms with Gasteiger partial charge in [0.2, 0.25) is 5.91 Å². The minimum atomic E-state index is -4.66. The second kappa shape index (κ2) is 10.8. The van der Waals surface area contributed by atoms with Gasteiger partial charge in [0.05, 0.1) is 48.9 Å². The number of aromatic nitrogens is 4. The molecule has 0 aliphatic heterocycles. The van der Waals surface area contributed by atoms with Crippen molar-refractivity contribution >= 4 is 23.2 Å². The lowest BCUT2D eigenvalue weighted by molar-refractivity contribution is -0.141. The summed E-state index contributed by atoms with van der Waals surface area (Å²) in [5.74, 6) is 0.918. The number of amides is 1. The predicted octanol–water partition coefficient (Wildman–Crippen LogP) is 4.93. The number of halogens is 4. The lowest BCUT2D eigenvalue weighted by Gasteiger charge is -2.12. The van der Waals surface area contributed by atoms with Crippen LogP contribution in [0, 0.1) is 6.92 Å². The molecule has 12 heteroatoms. The average molecular weight is 500 g/mol. The molecule has 34 heavy (non-hydrogen) atoms. The molecule has 0 aliphatic rings. The van der Waals surface area contributed by atoms with Gasteiger partial charge < -0.3 is 14.8 Å². The summed E-state index contributed by atoms with van der Waals surface area (Å²) >= 11 is 5.73. The standard InChI is InChI=1S/C22H25ClF3N5O3/c1-4-33-17-7-6-15(10-18(17)34-5-2)12-30-13-16(11-27-30)28-19(32)8-9-31-14(3)20(23)21(29-31)22(24,25)26/h6-7,10-11,13H,4-5,8-9,12H2,1-3H3,(H,28,32). The molecule has 0 saturated carbocycles. The Hall–Kier alpha value is -3.21. The summed E-state index contributed by atoms with van der Waals surface area (Å²) in [6.07, 6.45) is -1.59. The smallest absolute Gasteiger partial charge is 0.436 e. The molecule has 0 bridgehead atoms. The zero-order valence-electron chi connectivity index (χ0n) is 18.9. The maximum atomic E-state index is 12.9. The van der Waals surface area contributed by atoms with Crippen molar-refractivity contribution in [1.29, 1.82) is 0 Å². The fourth-order valence-electron chi connectivity index (χ4n) is 3.25. The summed E-state index contributed by atoms with van der Waals surface area (Å²) in [6, 6.07) is 5.62. The number of anilines is 1. The molecule has 1 aromatic carbocycles. The van der Waals surface area contributed by atoms with E-state index in [9.17, 15) is 18.0 Å². The highest BCUT2D eigenvalue weighted by Crippen LogP contribution is 2.35. The van der Waals surface area contributed by atoms with E-state index in [4.69, 9.17) is 21.1 Å². The maximum absolute atomic E-state index is 12.9. The van der Waals surface area contributed by atoms with Crippen LogP contribution in [-0.2, 0) is 24.1 Å². The Kier molecular flexibility index (Phi) is 8.08. The molecule has 1 N–H and O–H groups in total. The molecule has 0 atom stereocenters. The Balaban J connectivity index is 1.59. The van der Waals surface area contributed by atoms with Crippen LogP contribution in [-0.4, -0.2) is 38.7 Å². The predicted molar refractivity (Wildman–Crippen MR) is 120 cm³/mol. The number of benzene rings is 1. The van der Waals surface area contributed by atoms with Crippen LogP contribution in [0.1, 0.15) is 37.2 Å². The van der Waals surface area contributed by atoms with Crippen molar-refractivity contribution in [3.05, 3.63) is 52.6 Å². The van der Waals surface area contributed by atoms with Gasteiger partial charge in [-0.3, -0.25) is 14.2 Å². The molecule has 3 rings (SSSR count). The topological polar surface area (TPSA) is 83.2 Å². The van der Waals surface area contributed by atoms with Crippen molar-refractivity contribution in [3.63, 3.8) is 0 Å². The maximum Gasteiger partial charge on any atom is 0.436 e. The Labute approximate surface area is 199 Å². The fourth-order valence-corrected chi connectivity index (χ4v) is 3.49. The highest BCUT2D eigenvalue weighted by Gasteiger charge is 2.38. The van der Waals surface area contributed by atoms with Crippen molar-refractivity contribution < 1.29 is 27.4 Å². The number of rotatable bonds is 10. The number of alkyl halides is 3. The third kappa shape index (κ3) is 6.22. The molecule has 8 nitrogen and oxygen atoms in total. The molecule has 1 amide bonds. The van der Waals surface area contributed by atoms with Gasteiger partial charge in [0.1, 0.15) is 0 Å². The average Bonchev–Trinajstić information content (AvgIpc) is 3.32. The second-order valence-electron chi connectivity index (χ2n) is 7.34. The number of nitrogens with zero attached hydrogens (tertiary/aromatic N) is 4. The Morgan fingerprint density at radius 1 is 1.18 bits per heavy atom. The normalized spacial score (nSPS) is 11.5. The lowest BCUT2D eigenvalue weighted by Crippen LogP contribution is -2.16. The Bertz CT molecular complexity index is 1140. The monoisotopic (exact) mass is 499 g/mol.